The third kappa shape index (κ3) is 4.36. The van der Waals surface area contributed by atoms with Crippen molar-refractivity contribution in [3.63, 3.8) is 0 Å². The van der Waals surface area contributed by atoms with Gasteiger partial charge in [0.05, 0.1) is 17.9 Å². The van der Waals surface area contributed by atoms with E-state index < -0.39 is 6.23 Å². The molecule has 7 heteroatoms. The van der Waals surface area contributed by atoms with E-state index in [4.69, 9.17) is 9.47 Å². The van der Waals surface area contributed by atoms with Gasteiger partial charge < -0.3 is 19.9 Å². The summed E-state index contributed by atoms with van der Waals surface area (Å²) in [5.41, 5.74) is 1.46. The van der Waals surface area contributed by atoms with E-state index in [1.165, 1.54) is 7.11 Å². The number of amides is 1. The minimum atomic E-state index is -0.832. The fourth-order valence-electron chi connectivity index (χ4n) is 2.66. The van der Waals surface area contributed by atoms with Gasteiger partial charge in [-0.25, -0.2) is 0 Å². The Labute approximate surface area is 155 Å². The van der Waals surface area contributed by atoms with Crippen LogP contribution in [0.2, 0.25) is 0 Å². The average Bonchev–Trinajstić information content (AvgIpc) is 2.97. The molecule has 6 nitrogen and oxygen atoms in total. The number of rotatable bonds is 7. The van der Waals surface area contributed by atoms with Gasteiger partial charge >= 0.3 is 0 Å². The molecule has 26 heavy (non-hydrogen) atoms. The number of hydrogen-bond donors (Lipinski definition) is 2. The molecule has 1 saturated heterocycles. The van der Waals surface area contributed by atoms with Crippen LogP contribution >= 0.6 is 11.8 Å². The first-order valence-corrected chi connectivity index (χ1v) is 8.98. The number of aliphatic hydroxyl groups excluding tert-OH is 1. The lowest BCUT2D eigenvalue weighted by molar-refractivity contribution is 0.0918. The maximum absolute atomic E-state index is 12.3. The number of para-hydroxylation sites is 1. The second kappa shape index (κ2) is 8.25. The molecule has 1 aliphatic rings. The number of aliphatic hydroxyl groups is 1. The molecule has 0 spiro atoms. The Kier molecular flexibility index (Phi) is 5.80. The molecule has 2 aromatic carbocycles. The van der Waals surface area contributed by atoms with Crippen LogP contribution < -0.4 is 14.8 Å². The lowest BCUT2D eigenvalue weighted by Gasteiger charge is -2.12. The van der Waals surface area contributed by atoms with Crippen molar-refractivity contribution in [1.29, 1.82) is 0 Å². The van der Waals surface area contributed by atoms with Crippen molar-refractivity contribution in [3.8, 4) is 11.5 Å². The minimum absolute atomic E-state index is 0.0880. The van der Waals surface area contributed by atoms with Crippen LogP contribution in [0.15, 0.2) is 48.5 Å². The van der Waals surface area contributed by atoms with Crippen molar-refractivity contribution in [2.75, 3.05) is 13.7 Å². The summed E-state index contributed by atoms with van der Waals surface area (Å²) in [5.74, 6) is 0.930. The van der Waals surface area contributed by atoms with Gasteiger partial charge in [-0.05, 0) is 36.2 Å². The minimum Gasteiger partial charge on any atom is -0.496 e. The molecule has 0 aromatic heterocycles. The van der Waals surface area contributed by atoms with E-state index in [1.54, 1.807) is 36.4 Å². The third-order valence-electron chi connectivity index (χ3n) is 4.01. The standard InChI is InChI=1S/C19H19NO5S/c1-24-16-5-3-2-4-14(16)15(21)11-25-13-8-6-12(7-9-13)10-17-18(22)20-19(23)26-17/h2-9,17-18,22H,10-11H2,1H3,(H,20,23). The summed E-state index contributed by atoms with van der Waals surface area (Å²) in [4.78, 5) is 23.5. The van der Waals surface area contributed by atoms with Crippen LogP contribution in [0.4, 0.5) is 4.79 Å². The summed E-state index contributed by atoms with van der Waals surface area (Å²) < 4.78 is 10.7. The Morgan fingerprint density at radius 1 is 1.19 bits per heavy atom. The first-order chi connectivity index (χ1) is 12.6. The van der Waals surface area contributed by atoms with Gasteiger partial charge in [-0.3, -0.25) is 9.59 Å². The number of thioether (sulfide) groups is 1. The van der Waals surface area contributed by atoms with Crippen molar-refractivity contribution in [3.05, 3.63) is 59.7 Å². The van der Waals surface area contributed by atoms with E-state index in [0.717, 1.165) is 17.3 Å². The maximum Gasteiger partial charge on any atom is 0.281 e. The zero-order chi connectivity index (χ0) is 18.5. The number of hydrogen-bond acceptors (Lipinski definition) is 6. The molecule has 1 amide bonds. The van der Waals surface area contributed by atoms with Crippen molar-refractivity contribution in [1.82, 2.24) is 5.32 Å². The summed E-state index contributed by atoms with van der Waals surface area (Å²) in [6.45, 7) is -0.0880. The summed E-state index contributed by atoms with van der Waals surface area (Å²) >= 11 is 1.10. The van der Waals surface area contributed by atoms with Gasteiger partial charge in [0.25, 0.3) is 5.24 Å². The Balaban J connectivity index is 1.56. The number of carbonyl (C=O) groups is 2. The topological polar surface area (TPSA) is 84.9 Å². The quantitative estimate of drug-likeness (QED) is 0.726. The molecule has 0 radical (unpaired) electrons. The Bertz CT molecular complexity index is 793. The predicted molar refractivity (Wildman–Crippen MR) is 98.9 cm³/mol. The van der Waals surface area contributed by atoms with Gasteiger partial charge in [-0.15, -0.1) is 0 Å². The highest BCUT2D eigenvalue weighted by atomic mass is 32.2. The summed E-state index contributed by atoms with van der Waals surface area (Å²) in [6, 6.07) is 14.3. The third-order valence-corrected chi connectivity index (χ3v) is 5.07. The van der Waals surface area contributed by atoms with Gasteiger partial charge in [0.15, 0.2) is 6.61 Å². The van der Waals surface area contributed by atoms with Gasteiger partial charge in [0, 0.05) is 0 Å². The van der Waals surface area contributed by atoms with E-state index >= 15 is 0 Å². The second-order valence-corrected chi connectivity index (χ2v) is 7.01. The number of ether oxygens (including phenoxy) is 2. The van der Waals surface area contributed by atoms with E-state index in [2.05, 4.69) is 5.32 Å². The molecule has 136 valence electrons. The molecule has 0 aliphatic carbocycles. The van der Waals surface area contributed by atoms with Crippen molar-refractivity contribution in [2.45, 2.75) is 17.9 Å². The number of ketones is 1. The van der Waals surface area contributed by atoms with E-state index in [-0.39, 0.29) is 22.9 Å². The summed E-state index contributed by atoms with van der Waals surface area (Å²) in [6.07, 6.45) is -0.271. The number of nitrogens with one attached hydrogen (secondary N) is 1. The average molecular weight is 373 g/mol. The monoisotopic (exact) mass is 373 g/mol. The van der Waals surface area contributed by atoms with Crippen molar-refractivity contribution < 1.29 is 24.2 Å². The van der Waals surface area contributed by atoms with Gasteiger partial charge in [0.1, 0.15) is 17.7 Å². The lowest BCUT2D eigenvalue weighted by Crippen LogP contribution is -2.31. The number of methoxy groups -OCH3 is 1. The van der Waals surface area contributed by atoms with E-state index in [0.29, 0.717) is 23.5 Å². The van der Waals surface area contributed by atoms with Crippen LogP contribution in [0.1, 0.15) is 15.9 Å². The van der Waals surface area contributed by atoms with Crippen LogP contribution in [-0.2, 0) is 6.42 Å². The lowest BCUT2D eigenvalue weighted by atomic mass is 10.1. The van der Waals surface area contributed by atoms with Crippen molar-refractivity contribution >= 4 is 22.8 Å². The molecule has 1 aliphatic heterocycles. The van der Waals surface area contributed by atoms with E-state index in [1.807, 2.05) is 12.1 Å². The van der Waals surface area contributed by atoms with Gasteiger partial charge in [-0.2, -0.15) is 0 Å². The first-order valence-electron chi connectivity index (χ1n) is 8.10. The number of carbonyl (C=O) groups excluding carboxylic acids is 2. The summed E-state index contributed by atoms with van der Waals surface area (Å²) in [7, 11) is 1.52. The molecule has 0 saturated carbocycles. The highest BCUT2D eigenvalue weighted by Crippen LogP contribution is 2.26. The Morgan fingerprint density at radius 3 is 2.58 bits per heavy atom. The SMILES string of the molecule is COc1ccccc1C(=O)COc1ccc(CC2SC(=O)NC2O)cc1. The zero-order valence-electron chi connectivity index (χ0n) is 14.2. The first kappa shape index (κ1) is 18.3. The fraction of sp³-hybridized carbons (Fsp3) is 0.263. The molecule has 2 N–H and O–H groups in total. The molecule has 2 unspecified atom stereocenters. The Hall–Kier alpha value is -2.51. The molecule has 0 bridgehead atoms. The predicted octanol–water partition coefficient (Wildman–Crippen LogP) is 2.64. The largest absolute Gasteiger partial charge is 0.496 e. The molecule has 2 atom stereocenters. The molecule has 1 heterocycles. The van der Waals surface area contributed by atoms with Crippen molar-refractivity contribution in [2.24, 2.45) is 0 Å². The van der Waals surface area contributed by atoms with Crippen LogP contribution in [0.3, 0.4) is 0 Å². The Morgan fingerprint density at radius 2 is 1.92 bits per heavy atom. The highest BCUT2D eigenvalue weighted by Gasteiger charge is 2.31. The van der Waals surface area contributed by atoms with Crippen LogP contribution in [-0.4, -0.2) is 41.3 Å². The molecular formula is C19H19NO5S. The normalized spacial score (nSPS) is 19.1. The smallest absolute Gasteiger partial charge is 0.281 e. The highest BCUT2D eigenvalue weighted by molar-refractivity contribution is 8.14. The van der Waals surface area contributed by atoms with Gasteiger partial charge in [-0.1, -0.05) is 36.0 Å². The van der Waals surface area contributed by atoms with Crippen LogP contribution in [0, 0.1) is 0 Å². The molecule has 1 fully saturated rings. The molecular weight excluding hydrogens is 354 g/mol. The van der Waals surface area contributed by atoms with Crippen LogP contribution in [0.25, 0.3) is 0 Å². The number of benzene rings is 2. The summed E-state index contributed by atoms with van der Waals surface area (Å²) in [5, 5.41) is 11.8. The fourth-order valence-corrected chi connectivity index (χ4v) is 3.60. The van der Waals surface area contributed by atoms with Crippen LogP contribution in [0.5, 0.6) is 11.5 Å². The van der Waals surface area contributed by atoms with E-state index in [9.17, 15) is 14.7 Å². The second-order valence-electron chi connectivity index (χ2n) is 5.79. The molecule has 2 aromatic rings. The molecule has 3 rings (SSSR count). The van der Waals surface area contributed by atoms with Gasteiger partial charge in [0.2, 0.25) is 5.78 Å². The zero-order valence-corrected chi connectivity index (χ0v) is 15.0. The number of Topliss-reactive ketones (excluding diaryl/α,β-unsaturated/α-hetero) is 1. The maximum atomic E-state index is 12.3.